The Labute approximate surface area is 135 Å². The van der Waals surface area contributed by atoms with Gasteiger partial charge in [-0.2, -0.15) is 0 Å². The van der Waals surface area contributed by atoms with E-state index in [0.717, 1.165) is 30.6 Å². The lowest BCUT2D eigenvalue weighted by Gasteiger charge is -2.38. The number of hydrogen-bond donors (Lipinski definition) is 1. The van der Waals surface area contributed by atoms with Crippen LogP contribution < -0.4 is 10.1 Å². The number of likely N-dealkylation sites (tertiary alicyclic amines) is 1. The van der Waals surface area contributed by atoms with Gasteiger partial charge in [0.1, 0.15) is 12.4 Å². The fourth-order valence-corrected chi connectivity index (χ4v) is 3.52. The zero-order valence-corrected chi connectivity index (χ0v) is 13.1. The van der Waals surface area contributed by atoms with Gasteiger partial charge in [0.2, 0.25) is 0 Å². The van der Waals surface area contributed by atoms with Crippen LogP contribution in [0.5, 0.6) is 5.75 Å². The molecule has 1 atom stereocenters. The summed E-state index contributed by atoms with van der Waals surface area (Å²) in [7, 11) is 0. The van der Waals surface area contributed by atoms with Crippen LogP contribution in [0, 0.1) is 0 Å². The van der Waals surface area contributed by atoms with Crippen molar-refractivity contribution >= 4 is 6.03 Å². The third-order valence-corrected chi connectivity index (χ3v) is 4.83. The summed E-state index contributed by atoms with van der Waals surface area (Å²) in [6.45, 7) is 3.16. The maximum absolute atomic E-state index is 12.5. The van der Waals surface area contributed by atoms with Gasteiger partial charge in [0.05, 0.1) is 19.3 Å². The molecule has 124 valence electrons. The molecule has 0 aliphatic carbocycles. The Morgan fingerprint density at radius 1 is 1.17 bits per heavy atom. The molecule has 0 saturated carbocycles. The molecule has 6 heteroatoms. The SMILES string of the molecule is O=C(N[C@H]1COc2ccccc2C1)N1CCC2(CC1)OCCO2. The second-order valence-electron chi connectivity index (χ2n) is 6.36. The Morgan fingerprint density at radius 3 is 2.70 bits per heavy atom. The van der Waals surface area contributed by atoms with E-state index in [1.54, 1.807) is 0 Å². The second-order valence-corrected chi connectivity index (χ2v) is 6.36. The summed E-state index contributed by atoms with van der Waals surface area (Å²) in [5, 5.41) is 3.09. The lowest BCUT2D eigenvalue weighted by atomic mass is 10.0. The van der Waals surface area contributed by atoms with E-state index in [4.69, 9.17) is 14.2 Å². The van der Waals surface area contributed by atoms with Crippen LogP contribution in [0.3, 0.4) is 0 Å². The Hall–Kier alpha value is -1.79. The van der Waals surface area contributed by atoms with Gasteiger partial charge in [-0.25, -0.2) is 4.79 Å². The minimum absolute atomic E-state index is 0.0206. The molecule has 0 unspecified atom stereocenters. The number of ether oxygens (including phenoxy) is 3. The molecule has 1 spiro atoms. The lowest BCUT2D eigenvalue weighted by Crippen LogP contribution is -2.53. The lowest BCUT2D eigenvalue weighted by molar-refractivity contribution is -0.181. The number of rotatable bonds is 1. The van der Waals surface area contributed by atoms with Crippen molar-refractivity contribution in [2.45, 2.75) is 31.1 Å². The van der Waals surface area contributed by atoms with Crippen LogP contribution in [0.1, 0.15) is 18.4 Å². The molecule has 1 N–H and O–H groups in total. The maximum atomic E-state index is 12.5. The molecule has 3 heterocycles. The van der Waals surface area contributed by atoms with Crippen molar-refractivity contribution in [3.63, 3.8) is 0 Å². The molecule has 2 amide bonds. The van der Waals surface area contributed by atoms with Gasteiger partial charge in [0, 0.05) is 25.9 Å². The first kappa shape index (κ1) is 14.8. The molecule has 1 aromatic rings. The molecule has 0 aromatic heterocycles. The van der Waals surface area contributed by atoms with E-state index in [2.05, 4.69) is 5.32 Å². The highest BCUT2D eigenvalue weighted by atomic mass is 16.7. The number of benzene rings is 1. The first-order chi connectivity index (χ1) is 11.2. The largest absolute Gasteiger partial charge is 0.491 e. The number of fused-ring (bicyclic) bond motifs is 1. The minimum Gasteiger partial charge on any atom is -0.491 e. The second kappa shape index (κ2) is 6.02. The van der Waals surface area contributed by atoms with E-state index in [9.17, 15) is 4.79 Å². The normalized spacial score (nSPS) is 25.7. The summed E-state index contributed by atoms with van der Waals surface area (Å²) in [6.07, 6.45) is 2.29. The molecule has 0 bridgehead atoms. The zero-order valence-electron chi connectivity index (χ0n) is 13.1. The van der Waals surface area contributed by atoms with Crippen molar-refractivity contribution in [1.29, 1.82) is 0 Å². The van der Waals surface area contributed by atoms with Crippen LogP contribution in [0.15, 0.2) is 24.3 Å². The Kier molecular flexibility index (Phi) is 3.87. The number of hydrogen-bond acceptors (Lipinski definition) is 4. The van der Waals surface area contributed by atoms with Gasteiger partial charge in [-0.3, -0.25) is 0 Å². The first-order valence-electron chi connectivity index (χ1n) is 8.28. The fraction of sp³-hybridized carbons (Fsp3) is 0.588. The third kappa shape index (κ3) is 3.01. The highest BCUT2D eigenvalue weighted by Gasteiger charge is 2.41. The Morgan fingerprint density at radius 2 is 1.91 bits per heavy atom. The van der Waals surface area contributed by atoms with Crippen LogP contribution >= 0.6 is 0 Å². The molecule has 2 saturated heterocycles. The molecule has 3 aliphatic rings. The highest BCUT2D eigenvalue weighted by Crippen LogP contribution is 2.31. The van der Waals surface area contributed by atoms with E-state index < -0.39 is 5.79 Å². The molecule has 23 heavy (non-hydrogen) atoms. The fourth-order valence-electron chi connectivity index (χ4n) is 3.52. The number of para-hydroxylation sites is 1. The van der Waals surface area contributed by atoms with E-state index in [1.807, 2.05) is 29.2 Å². The standard InChI is InChI=1S/C17H22N2O4/c20-16(19-7-5-17(6-8-19)22-9-10-23-17)18-14-11-13-3-1-2-4-15(13)21-12-14/h1-4,14H,5-12H2,(H,18,20)/t14-/m1/s1. The van der Waals surface area contributed by atoms with Gasteiger partial charge in [-0.05, 0) is 18.1 Å². The average Bonchev–Trinajstić information content (AvgIpc) is 3.03. The predicted molar refractivity (Wildman–Crippen MR) is 83.4 cm³/mol. The van der Waals surface area contributed by atoms with Crippen molar-refractivity contribution in [1.82, 2.24) is 10.2 Å². The van der Waals surface area contributed by atoms with Gasteiger partial charge in [-0.15, -0.1) is 0 Å². The first-order valence-corrected chi connectivity index (χ1v) is 8.28. The number of amides is 2. The van der Waals surface area contributed by atoms with E-state index in [1.165, 1.54) is 0 Å². The molecule has 0 radical (unpaired) electrons. The maximum Gasteiger partial charge on any atom is 0.317 e. The molecule has 2 fully saturated rings. The van der Waals surface area contributed by atoms with E-state index in [0.29, 0.717) is 32.9 Å². The van der Waals surface area contributed by atoms with Crippen LogP contribution in [0.4, 0.5) is 4.79 Å². The Balaban J connectivity index is 1.31. The third-order valence-electron chi connectivity index (χ3n) is 4.83. The molecule has 6 nitrogen and oxygen atoms in total. The monoisotopic (exact) mass is 318 g/mol. The summed E-state index contributed by atoms with van der Waals surface area (Å²) in [4.78, 5) is 14.3. The number of carbonyl (C=O) groups is 1. The molecular formula is C17H22N2O4. The number of nitrogens with zero attached hydrogens (tertiary/aromatic N) is 1. The van der Waals surface area contributed by atoms with Gasteiger partial charge < -0.3 is 24.4 Å². The summed E-state index contributed by atoms with van der Waals surface area (Å²) >= 11 is 0. The number of urea groups is 1. The van der Waals surface area contributed by atoms with Crippen molar-refractivity contribution in [2.75, 3.05) is 32.9 Å². The smallest absolute Gasteiger partial charge is 0.317 e. The molecule has 4 rings (SSSR count). The molecular weight excluding hydrogens is 296 g/mol. The van der Waals surface area contributed by atoms with Crippen LogP contribution in [0.2, 0.25) is 0 Å². The summed E-state index contributed by atoms with van der Waals surface area (Å²) in [5.74, 6) is 0.484. The van der Waals surface area contributed by atoms with Crippen LogP contribution in [-0.4, -0.2) is 55.7 Å². The van der Waals surface area contributed by atoms with Gasteiger partial charge in [0.15, 0.2) is 5.79 Å². The molecule has 1 aromatic carbocycles. The van der Waals surface area contributed by atoms with Gasteiger partial charge >= 0.3 is 6.03 Å². The topological polar surface area (TPSA) is 60.0 Å². The van der Waals surface area contributed by atoms with Crippen molar-refractivity contribution in [3.05, 3.63) is 29.8 Å². The quantitative estimate of drug-likeness (QED) is 0.853. The van der Waals surface area contributed by atoms with Crippen LogP contribution in [0.25, 0.3) is 0 Å². The van der Waals surface area contributed by atoms with Crippen molar-refractivity contribution in [2.24, 2.45) is 0 Å². The van der Waals surface area contributed by atoms with Crippen molar-refractivity contribution < 1.29 is 19.0 Å². The minimum atomic E-state index is -0.441. The summed E-state index contributed by atoms with van der Waals surface area (Å²) < 4.78 is 17.1. The van der Waals surface area contributed by atoms with E-state index in [-0.39, 0.29) is 12.1 Å². The van der Waals surface area contributed by atoms with Gasteiger partial charge in [-0.1, -0.05) is 18.2 Å². The van der Waals surface area contributed by atoms with Crippen molar-refractivity contribution in [3.8, 4) is 5.75 Å². The van der Waals surface area contributed by atoms with Gasteiger partial charge in [0.25, 0.3) is 0 Å². The average molecular weight is 318 g/mol. The Bertz CT molecular complexity index is 576. The predicted octanol–water partition coefficient (Wildman–Crippen LogP) is 1.54. The summed E-state index contributed by atoms with van der Waals surface area (Å²) in [6, 6.07) is 7.98. The zero-order chi connectivity index (χ0) is 15.7. The summed E-state index contributed by atoms with van der Waals surface area (Å²) in [5.41, 5.74) is 1.15. The molecule has 3 aliphatic heterocycles. The van der Waals surface area contributed by atoms with E-state index >= 15 is 0 Å². The number of piperidine rings is 1. The number of nitrogens with one attached hydrogen (secondary N) is 1. The number of carbonyl (C=O) groups excluding carboxylic acids is 1. The highest BCUT2D eigenvalue weighted by molar-refractivity contribution is 5.74. The van der Waals surface area contributed by atoms with Crippen LogP contribution in [-0.2, 0) is 15.9 Å².